The van der Waals surface area contributed by atoms with Gasteiger partial charge in [0.25, 0.3) is 0 Å². The minimum Gasteiger partial charge on any atom is -0.759 e. The van der Waals surface area contributed by atoms with Crippen molar-refractivity contribution in [3.63, 3.8) is 0 Å². The summed E-state index contributed by atoms with van der Waals surface area (Å²) >= 11 is 1.55. The smallest absolute Gasteiger partial charge is 0.213 e. The largest absolute Gasteiger partial charge is 0.759 e. The van der Waals surface area contributed by atoms with Crippen molar-refractivity contribution >= 4 is 17.7 Å². The predicted molar refractivity (Wildman–Crippen MR) is 67.6 cm³/mol. The summed E-state index contributed by atoms with van der Waals surface area (Å²) < 4.78 is 0. The summed E-state index contributed by atoms with van der Waals surface area (Å²) in [6.45, 7) is 1.83. The molecule has 0 aliphatic rings. The molecule has 0 aromatic carbocycles. The first kappa shape index (κ1) is 11.8. The van der Waals surface area contributed by atoms with Crippen LogP contribution in [0.1, 0.15) is 11.3 Å². The summed E-state index contributed by atoms with van der Waals surface area (Å²) in [5, 5.41) is 11.3. The molecule has 5 nitrogen and oxygen atoms in total. The minimum atomic E-state index is 0.110. The summed E-state index contributed by atoms with van der Waals surface area (Å²) in [6.07, 6.45) is 3.55. The molecule has 17 heavy (non-hydrogen) atoms. The van der Waals surface area contributed by atoms with Gasteiger partial charge in [0.2, 0.25) is 5.95 Å². The zero-order chi connectivity index (χ0) is 12.1. The lowest BCUT2D eigenvalue weighted by molar-refractivity contribution is 1.01. The van der Waals surface area contributed by atoms with Crippen LogP contribution in [0.2, 0.25) is 0 Å². The van der Waals surface area contributed by atoms with Gasteiger partial charge in [-0.25, -0.2) is 9.97 Å². The Morgan fingerprint density at radius 1 is 1.41 bits per heavy atom. The molecule has 88 valence electrons. The SMILES string of the molecule is Cc1cc(SCc2cccnc2)nc(N[O-])n1. The number of pyridine rings is 1. The molecule has 2 aromatic rings. The minimum absolute atomic E-state index is 0.110. The molecule has 0 fully saturated rings. The van der Waals surface area contributed by atoms with Crippen LogP contribution in [-0.4, -0.2) is 15.0 Å². The lowest BCUT2D eigenvalue weighted by Crippen LogP contribution is -1.97. The Bertz CT molecular complexity index is 492. The van der Waals surface area contributed by atoms with Crippen LogP contribution in [0, 0.1) is 12.1 Å². The maximum atomic E-state index is 10.5. The lowest BCUT2D eigenvalue weighted by atomic mass is 10.3. The second-order valence-electron chi connectivity index (χ2n) is 3.42. The molecule has 0 aliphatic carbocycles. The van der Waals surface area contributed by atoms with Crippen molar-refractivity contribution < 1.29 is 0 Å². The van der Waals surface area contributed by atoms with Crippen molar-refractivity contribution in [2.45, 2.75) is 17.7 Å². The third-order valence-corrected chi connectivity index (χ3v) is 3.01. The molecule has 0 atom stereocenters. The zero-order valence-corrected chi connectivity index (χ0v) is 10.1. The number of anilines is 1. The first-order chi connectivity index (χ1) is 8.28. The fourth-order valence-electron chi connectivity index (χ4n) is 1.30. The molecule has 0 saturated heterocycles. The van der Waals surface area contributed by atoms with Crippen molar-refractivity contribution in [2.24, 2.45) is 0 Å². The first-order valence-electron chi connectivity index (χ1n) is 5.03. The maximum Gasteiger partial charge on any atom is 0.213 e. The molecule has 0 unspecified atom stereocenters. The van der Waals surface area contributed by atoms with E-state index in [1.807, 2.05) is 31.3 Å². The highest BCUT2D eigenvalue weighted by Gasteiger charge is 2.01. The Labute approximate surface area is 103 Å². The second kappa shape index (κ2) is 5.60. The van der Waals surface area contributed by atoms with E-state index >= 15 is 0 Å². The van der Waals surface area contributed by atoms with E-state index in [1.54, 1.807) is 23.4 Å². The van der Waals surface area contributed by atoms with E-state index in [9.17, 15) is 5.21 Å². The average molecular weight is 247 g/mol. The van der Waals surface area contributed by atoms with Crippen LogP contribution in [0.3, 0.4) is 0 Å². The molecule has 0 saturated carbocycles. The fourth-order valence-corrected chi connectivity index (χ4v) is 2.19. The Balaban J connectivity index is 2.06. The molecule has 0 aliphatic heterocycles. The Hall–Kier alpha value is -1.66. The molecule has 6 heteroatoms. The van der Waals surface area contributed by atoms with Gasteiger partial charge >= 0.3 is 0 Å². The Morgan fingerprint density at radius 2 is 2.29 bits per heavy atom. The normalized spacial score (nSPS) is 10.2. The van der Waals surface area contributed by atoms with E-state index < -0.39 is 0 Å². The van der Waals surface area contributed by atoms with Gasteiger partial charge in [0, 0.05) is 23.8 Å². The van der Waals surface area contributed by atoms with Gasteiger partial charge in [0.15, 0.2) is 0 Å². The monoisotopic (exact) mass is 247 g/mol. The standard InChI is InChI=1S/C11H11N4OS/c1-8-5-10(14-11(13-8)15-16)17-7-9-3-2-4-12-6-9/h2-6H,7H2,1H3,(H-,13,14,15,16)/q-1. The van der Waals surface area contributed by atoms with Crippen LogP contribution in [0.5, 0.6) is 0 Å². The van der Waals surface area contributed by atoms with E-state index in [1.165, 1.54) is 0 Å². The van der Waals surface area contributed by atoms with Crippen molar-refractivity contribution in [3.05, 3.63) is 47.1 Å². The van der Waals surface area contributed by atoms with Crippen LogP contribution < -0.4 is 5.48 Å². The van der Waals surface area contributed by atoms with E-state index in [0.717, 1.165) is 22.0 Å². The van der Waals surface area contributed by atoms with Crippen molar-refractivity contribution in [1.29, 1.82) is 0 Å². The van der Waals surface area contributed by atoms with Crippen LogP contribution in [0.4, 0.5) is 5.95 Å². The highest BCUT2D eigenvalue weighted by molar-refractivity contribution is 7.98. The first-order valence-corrected chi connectivity index (χ1v) is 6.02. The number of hydrogen-bond donors (Lipinski definition) is 1. The summed E-state index contributed by atoms with van der Waals surface area (Å²) in [5.74, 6) is 0.876. The molecule has 2 rings (SSSR count). The van der Waals surface area contributed by atoms with Gasteiger partial charge in [-0.15, -0.1) is 11.8 Å². The number of hydrogen-bond acceptors (Lipinski definition) is 6. The van der Waals surface area contributed by atoms with Crippen LogP contribution in [0.15, 0.2) is 35.6 Å². The van der Waals surface area contributed by atoms with Crippen LogP contribution in [-0.2, 0) is 5.75 Å². The van der Waals surface area contributed by atoms with Crippen LogP contribution >= 0.6 is 11.8 Å². The quantitative estimate of drug-likeness (QED) is 0.508. The molecular formula is C11H11N4OS-. The summed E-state index contributed by atoms with van der Waals surface area (Å²) in [6, 6.07) is 5.74. The molecule has 1 N–H and O–H groups in total. The average Bonchev–Trinajstić information content (AvgIpc) is 2.37. The predicted octanol–water partition coefficient (Wildman–Crippen LogP) is 2.38. The van der Waals surface area contributed by atoms with Gasteiger partial charge < -0.3 is 10.7 Å². The highest BCUT2D eigenvalue weighted by atomic mass is 32.2. The van der Waals surface area contributed by atoms with E-state index in [-0.39, 0.29) is 5.95 Å². The van der Waals surface area contributed by atoms with Gasteiger partial charge in [-0.05, 0) is 24.6 Å². The third kappa shape index (κ3) is 3.40. The summed E-state index contributed by atoms with van der Waals surface area (Å²) in [7, 11) is 0. The summed E-state index contributed by atoms with van der Waals surface area (Å²) in [4.78, 5) is 12.1. The van der Waals surface area contributed by atoms with Gasteiger partial charge in [-0.1, -0.05) is 6.07 Å². The van der Waals surface area contributed by atoms with Gasteiger partial charge in [0.05, 0.1) is 0 Å². The van der Waals surface area contributed by atoms with Gasteiger partial charge in [-0.2, -0.15) is 0 Å². The lowest BCUT2D eigenvalue weighted by Gasteiger charge is -2.09. The zero-order valence-electron chi connectivity index (χ0n) is 9.25. The Morgan fingerprint density at radius 3 is 3.00 bits per heavy atom. The van der Waals surface area contributed by atoms with Crippen molar-refractivity contribution in [1.82, 2.24) is 15.0 Å². The molecule has 2 aromatic heterocycles. The number of rotatable bonds is 4. The molecule has 0 amide bonds. The maximum absolute atomic E-state index is 10.5. The number of aromatic nitrogens is 3. The number of thioether (sulfide) groups is 1. The fraction of sp³-hybridized carbons (Fsp3) is 0.182. The topological polar surface area (TPSA) is 73.8 Å². The van der Waals surface area contributed by atoms with Crippen LogP contribution in [0.25, 0.3) is 0 Å². The van der Waals surface area contributed by atoms with Gasteiger partial charge in [-0.3, -0.25) is 4.98 Å². The summed E-state index contributed by atoms with van der Waals surface area (Å²) in [5.41, 5.74) is 3.59. The molecule has 0 bridgehead atoms. The number of nitrogens with one attached hydrogen (secondary N) is 1. The van der Waals surface area contributed by atoms with E-state index in [2.05, 4.69) is 15.0 Å². The van der Waals surface area contributed by atoms with E-state index in [0.29, 0.717) is 0 Å². The third-order valence-electron chi connectivity index (χ3n) is 2.03. The molecular weight excluding hydrogens is 236 g/mol. The Kier molecular flexibility index (Phi) is 3.89. The van der Waals surface area contributed by atoms with Gasteiger partial charge in [0.1, 0.15) is 5.03 Å². The number of nitrogens with zero attached hydrogens (tertiary/aromatic N) is 3. The molecule has 0 radical (unpaired) electrons. The molecule has 0 spiro atoms. The number of aryl methyl sites for hydroxylation is 1. The van der Waals surface area contributed by atoms with Crippen molar-refractivity contribution in [2.75, 3.05) is 5.48 Å². The van der Waals surface area contributed by atoms with Crippen molar-refractivity contribution in [3.8, 4) is 0 Å². The highest BCUT2D eigenvalue weighted by Crippen LogP contribution is 2.21. The molecule has 2 heterocycles. The van der Waals surface area contributed by atoms with E-state index in [4.69, 9.17) is 0 Å². The second-order valence-corrected chi connectivity index (χ2v) is 4.42.